The van der Waals surface area contributed by atoms with Gasteiger partial charge in [-0.1, -0.05) is 31.3 Å². The van der Waals surface area contributed by atoms with Crippen molar-refractivity contribution in [2.75, 3.05) is 63.9 Å². The third kappa shape index (κ3) is 6.88. The fourth-order valence-electron chi connectivity index (χ4n) is 4.94. The molecule has 1 aromatic heterocycles. The molecule has 12 heteroatoms. The van der Waals surface area contributed by atoms with Crippen LogP contribution >= 0.6 is 11.3 Å². The Morgan fingerprint density at radius 1 is 0.976 bits per heavy atom. The molecule has 1 aliphatic rings. The number of aromatic nitrogens is 1. The van der Waals surface area contributed by atoms with Gasteiger partial charge < -0.3 is 14.5 Å². The number of anilines is 1. The lowest BCUT2D eigenvalue weighted by Gasteiger charge is -2.33. The zero-order chi connectivity index (χ0) is 29.7. The molecule has 3 aromatic rings. The molecule has 0 aliphatic carbocycles. The quantitative estimate of drug-likeness (QED) is 0.340. The number of rotatable bonds is 10. The summed E-state index contributed by atoms with van der Waals surface area (Å²) in [5.74, 6) is -0.224. The molecule has 10 nitrogen and oxygen atoms in total. The van der Waals surface area contributed by atoms with Crippen LogP contribution in [0.25, 0.3) is 10.2 Å². The van der Waals surface area contributed by atoms with Gasteiger partial charge in [0.15, 0.2) is 5.13 Å². The molecule has 0 bridgehead atoms. The summed E-state index contributed by atoms with van der Waals surface area (Å²) < 4.78 is 34.0. The topological polar surface area (TPSA) is 103 Å². The maximum atomic E-state index is 13.8. The molecule has 2 heterocycles. The first-order valence-electron chi connectivity index (χ1n) is 14.0. The minimum absolute atomic E-state index is 0.111. The Bertz CT molecular complexity index is 1480. The molecule has 2 aromatic carbocycles. The lowest BCUT2D eigenvalue weighted by Crippen LogP contribution is -2.50. The van der Waals surface area contributed by atoms with Crippen LogP contribution in [0.1, 0.15) is 42.3 Å². The molecule has 1 fully saturated rings. The minimum Gasteiger partial charge on any atom is -0.450 e. The van der Waals surface area contributed by atoms with Crippen LogP contribution in [0.5, 0.6) is 0 Å². The number of amides is 2. The number of hydrogen-bond acceptors (Lipinski definition) is 8. The number of sulfonamides is 1. The second kappa shape index (κ2) is 13.3. The predicted octanol–water partition coefficient (Wildman–Crippen LogP) is 4.36. The molecule has 41 heavy (non-hydrogen) atoms. The molecule has 0 radical (unpaired) electrons. The summed E-state index contributed by atoms with van der Waals surface area (Å²) in [6, 6.07) is 10.3. The van der Waals surface area contributed by atoms with Gasteiger partial charge in [0.05, 0.1) is 21.7 Å². The van der Waals surface area contributed by atoms with E-state index >= 15 is 0 Å². The van der Waals surface area contributed by atoms with E-state index in [9.17, 15) is 18.0 Å². The van der Waals surface area contributed by atoms with Gasteiger partial charge in [0, 0.05) is 44.8 Å². The summed E-state index contributed by atoms with van der Waals surface area (Å²) >= 11 is 1.49. The lowest BCUT2D eigenvalue weighted by molar-refractivity contribution is 0.0933. The Kier molecular flexibility index (Phi) is 10.0. The summed E-state index contributed by atoms with van der Waals surface area (Å²) in [7, 11) is -3.78. The first-order valence-corrected chi connectivity index (χ1v) is 16.3. The second-order valence-electron chi connectivity index (χ2n) is 10.0. The summed E-state index contributed by atoms with van der Waals surface area (Å²) in [6.45, 7) is 14.0. The molecule has 0 atom stereocenters. The Hall–Kier alpha value is -3.06. The Labute approximate surface area is 246 Å². The third-order valence-corrected chi connectivity index (χ3v) is 10.3. The van der Waals surface area contributed by atoms with E-state index in [1.165, 1.54) is 32.7 Å². The van der Waals surface area contributed by atoms with Gasteiger partial charge in [-0.2, -0.15) is 4.31 Å². The highest BCUT2D eigenvalue weighted by Crippen LogP contribution is 2.32. The van der Waals surface area contributed by atoms with E-state index in [2.05, 4.69) is 30.9 Å². The molecule has 0 saturated carbocycles. The third-order valence-electron chi connectivity index (χ3n) is 7.33. The smallest absolute Gasteiger partial charge is 0.409 e. The zero-order valence-corrected chi connectivity index (χ0v) is 26.1. The van der Waals surface area contributed by atoms with Crippen LogP contribution in [0.2, 0.25) is 0 Å². The molecule has 1 saturated heterocycles. The SMILES string of the molecule is CCOC(=O)N1CCN(S(=O)(=O)c2ccc(C(=O)N(CCN(CC)CC)c3nc4c(C)cc(C)cc4s3)cc2)CC1. The van der Waals surface area contributed by atoms with Gasteiger partial charge in [0.25, 0.3) is 5.91 Å². The Balaban J connectivity index is 1.55. The van der Waals surface area contributed by atoms with Gasteiger partial charge in [0.2, 0.25) is 10.0 Å². The fourth-order valence-corrected chi connectivity index (χ4v) is 7.53. The van der Waals surface area contributed by atoms with Crippen LogP contribution in [0, 0.1) is 13.8 Å². The van der Waals surface area contributed by atoms with Crippen LogP contribution in [-0.4, -0.2) is 98.5 Å². The van der Waals surface area contributed by atoms with Crippen molar-refractivity contribution in [2.45, 2.75) is 39.5 Å². The van der Waals surface area contributed by atoms with Gasteiger partial charge >= 0.3 is 6.09 Å². The number of ether oxygens (including phenoxy) is 1. The van der Waals surface area contributed by atoms with E-state index in [4.69, 9.17) is 9.72 Å². The van der Waals surface area contributed by atoms with E-state index < -0.39 is 16.1 Å². The maximum Gasteiger partial charge on any atom is 0.409 e. The summed E-state index contributed by atoms with van der Waals surface area (Å²) in [6.07, 6.45) is -0.434. The number of nitrogens with zero attached hydrogens (tertiary/aromatic N) is 5. The summed E-state index contributed by atoms with van der Waals surface area (Å²) in [5.41, 5.74) is 3.49. The average Bonchev–Trinajstić information content (AvgIpc) is 3.39. The molecule has 222 valence electrons. The highest BCUT2D eigenvalue weighted by atomic mass is 32.2. The number of thiazole rings is 1. The molecular formula is C29H39N5O5S2. The van der Waals surface area contributed by atoms with Crippen LogP contribution in [0.3, 0.4) is 0 Å². The van der Waals surface area contributed by atoms with Gasteiger partial charge in [-0.25, -0.2) is 18.2 Å². The number of benzene rings is 2. The van der Waals surface area contributed by atoms with Crippen LogP contribution < -0.4 is 4.90 Å². The van der Waals surface area contributed by atoms with E-state index in [-0.39, 0.29) is 43.6 Å². The Morgan fingerprint density at radius 3 is 2.24 bits per heavy atom. The highest BCUT2D eigenvalue weighted by molar-refractivity contribution is 7.89. The van der Waals surface area contributed by atoms with Gasteiger partial charge in [0.1, 0.15) is 0 Å². The van der Waals surface area contributed by atoms with Crippen LogP contribution in [0.15, 0.2) is 41.3 Å². The maximum absolute atomic E-state index is 13.8. The lowest BCUT2D eigenvalue weighted by atomic mass is 10.1. The molecule has 2 amide bonds. The summed E-state index contributed by atoms with van der Waals surface area (Å²) in [5, 5.41) is 0.627. The van der Waals surface area contributed by atoms with Crippen molar-refractivity contribution in [3.8, 4) is 0 Å². The monoisotopic (exact) mass is 601 g/mol. The number of piperazine rings is 1. The molecular weight excluding hydrogens is 562 g/mol. The van der Waals surface area contributed by atoms with Crippen molar-refractivity contribution in [1.29, 1.82) is 0 Å². The highest BCUT2D eigenvalue weighted by Gasteiger charge is 2.31. The first-order chi connectivity index (χ1) is 19.6. The number of likely N-dealkylation sites (N-methyl/N-ethyl adjacent to an activating group) is 1. The second-order valence-corrected chi connectivity index (χ2v) is 13.0. The van der Waals surface area contributed by atoms with Crippen LogP contribution in [-0.2, 0) is 14.8 Å². The molecule has 4 rings (SSSR count). The standard InChI is InChI=1S/C29H39N5O5S2/c1-6-31(7-2)13-18-34(28-30-26-22(5)19-21(4)20-25(26)40-28)27(35)23-9-11-24(12-10-23)41(37,38)33-16-14-32(15-17-33)29(36)39-8-3/h9-12,19-20H,6-8,13-18H2,1-5H3. The largest absolute Gasteiger partial charge is 0.450 e. The van der Waals surface area contributed by atoms with Gasteiger partial charge in [-0.15, -0.1) is 0 Å². The van der Waals surface area contributed by atoms with Crippen molar-refractivity contribution >= 4 is 48.7 Å². The van der Waals surface area contributed by atoms with E-state index in [0.717, 1.165) is 34.4 Å². The zero-order valence-electron chi connectivity index (χ0n) is 24.4. The fraction of sp³-hybridized carbons (Fsp3) is 0.483. The van der Waals surface area contributed by atoms with E-state index in [1.54, 1.807) is 24.0 Å². The van der Waals surface area contributed by atoms with Crippen molar-refractivity contribution in [3.63, 3.8) is 0 Å². The van der Waals surface area contributed by atoms with Crippen molar-refractivity contribution in [2.24, 2.45) is 0 Å². The van der Waals surface area contributed by atoms with Crippen molar-refractivity contribution in [1.82, 2.24) is 19.1 Å². The molecule has 0 spiro atoms. The Morgan fingerprint density at radius 2 is 1.63 bits per heavy atom. The molecule has 0 N–H and O–H groups in total. The van der Waals surface area contributed by atoms with Gasteiger partial charge in [-0.3, -0.25) is 9.69 Å². The number of carbonyl (C=O) groups excluding carboxylic acids is 2. The summed E-state index contributed by atoms with van der Waals surface area (Å²) in [4.78, 5) is 36.2. The van der Waals surface area contributed by atoms with E-state index in [1.807, 2.05) is 13.8 Å². The minimum atomic E-state index is -3.78. The predicted molar refractivity (Wildman–Crippen MR) is 162 cm³/mol. The van der Waals surface area contributed by atoms with Gasteiger partial charge in [-0.05, 0) is 75.3 Å². The first kappa shape index (κ1) is 30.9. The number of carbonyl (C=O) groups is 2. The van der Waals surface area contributed by atoms with Crippen LogP contribution in [0.4, 0.5) is 9.93 Å². The van der Waals surface area contributed by atoms with Crippen molar-refractivity contribution in [3.05, 3.63) is 53.1 Å². The normalized spacial score (nSPS) is 14.5. The molecule has 1 aliphatic heterocycles. The van der Waals surface area contributed by atoms with Crippen molar-refractivity contribution < 1.29 is 22.7 Å². The number of fused-ring (bicyclic) bond motifs is 1. The number of aryl methyl sites for hydroxylation is 2. The molecule has 0 unspecified atom stereocenters. The number of hydrogen-bond donors (Lipinski definition) is 0. The van der Waals surface area contributed by atoms with E-state index in [0.29, 0.717) is 23.8 Å². The average molecular weight is 602 g/mol.